The molecule has 2 rings (SSSR count). The maximum absolute atomic E-state index is 12.7. The van der Waals surface area contributed by atoms with Crippen molar-refractivity contribution in [2.24, 2.45) is 0 Å². The van der Waals surface area contributed by atoms with Crippen molar-refractivity contribution in [2.75, 3.05) is 19.3 Å². The van der Waals surface area contributed by atoms with E-state index in [1.54, 1.807) is 30.6 Å². The van der Waals surface area contributed by atoms with Crippen LogP contribution in [0.1, 0.15) is 18.9 Å². The van der Waals surface area contributed by atoms with Gasteiger partial charge in [-0.3, -0.25) is 9.59 Å². The molecule has 26 heavy (non-hydrogen) atoms. The smallest absolute Gasteiger partial charge is 0.242 e. The van der Waals surface area contributed by atoms with Crippen LogP contribution < -0.4 is 5.32 Å². The van der Waals surface area contributed by atoms with E-state index in [1.165, 1.54) is 0 Å². The third kappa shape index (κ3) is 6.23. The summed E-state index contributed by atoms with van der Waals surface area (Å²) in [5.74, 6) is 0.577. The molecule has 1 N–H and O–H groups in total. The third-order valence-electron chi connectivity index (χ3n) is 4.23. The third-order valence-corrected chi connectivity index (χ3v) is 5.24. The number of nitrogens with one attached hydrogen (secondary N) is 1. The van der Waals surface area contributed by atoms with Gasteiger partial charge in [-0.1, -0.05) is 48.5 Å². The minimum atomic E-state index is -0.474. The summed E-state index contributed by atoms with van der Waals surface area (Å²) in [6.45, 7) is 2.32. The molecule has 2 aromatic rings. The van der Waals surface area contributed by atoms with E-state index in [4.69, 9.17) is 0 Å². The first-order chi connectivity index (χ1) is 12.6. The van der Waals surface area contributed by atoms with Crippen molar-refractivity contribution >= 4 is 23.6 Å². The summed E-state index contributed by atoms with van der Waals surface area (Å²) in [6, 6.07) is 19.6. The van der Waals surface area contributed by atoms with E-state index in [2.05, 4.69) is 5.32 Å². The second-order valence-electron chi connectivity index (χ2n) is 6.02. The first-order valence-corrected chi connectivity index (χ1v) is 9.83. The van der Waals surface area contributed by atoms with Crippen molar-refractivity contribution in [3.8, 4) is 0 Å². The molecule has 0 bridgehead atoms. The van der Waals surface area contributed by atoms with Crippen LogP contribution in [-0.4, -0.2) is 42.1 Å². The highest BCUT2D eigenvalue weighted by molar-refractivity contribution is 7.99. The predicted molar refractivity (Wildman–Crippen MR) is 107 cm³/mol. The topological polar surface area (TPSA) is 49.4 Å². The summed E-state index contributed by atoms with van der Waals surface area (Å²) in [6.07, 6.45) is 1.15. The van der Waals surface area contributed by atoms with Gasteiger partial charge in [0.05, 0.1) is 0 Å². The van der Waals surface area contributed by atoms with Crippen molar-refractivity contribution < 1.29 is 9.59 Å². The Balaban J connectivity index is 1.94. The van der Waals surface area contributed by atoms with Crippen molar-refractivity contribution in [1.82, 2.24) is 10.2 Å². The number of thioether (sulfide) groups is 1. The van der Waals surface area contributed by atoms with Gasteiger partial charge in [0.25, 0.3) is 0 Å². The highest BCUT2D eigenvalue weighted by Crippen LogP contribution is 2.18. The summed E-state index contributed by atoms with van der Waals surface area (Å²) in [4.78, 5) is 27.6. The molecule has 2 amide bonds. The van der Waals surface area contributed by atoms with Crippen molar-refractivity contribution in [1.29, 1.82) is 0 Å². The van der Waals surface area contributed by atoms with E-state index in [9.17, 15) is 9.59 Å². The molecule has 4 nitrogen and oxygen atoms in total. The van der Waals surface area contributed by atoms with Crippen LogP contribution in [0.2, 0.25) is 0 Å². The fourth-order valence-corrected chi connectivity index (χ4v) is 3.56. The Kier molecular flexibility index (Phi) is 8.22. The summed E-state index contributed by atoms with van der Waals surface area (Å²) < 4.78 is 0. The van der Waals surface area contributed by atoms with Crippen molar-refractivity contribution in [3.05, 3.63) is 66.2 Å². The molecule has 0 heterocycles. The van der Waals surface area contributed by atoms with Crippen LogP contribution in [0.4, 0.5) is 0 Å². The quantitative estimate of drug-likeness (QED) is 0.689. The van der Waals surface area contributed by atoms with E-state index in [-0.39, 0.29) is 11.8 Å². The summed E-state index contributed by atoms with van der Waals surface area (Å²) >= 11 is 1.66. The average molecular weight is 371 g/mol. The number of amides is 2. The second kappa shape index (κ2) is 10.7. The number of carbonyl (C=O) groups excluding carboxylic acids is 2. The van der Waals surface area contributed by atoms with Gasteiger partial charge in [-0.2, -0.15) is 0 Å². The van der Waals surface area contributed by atoms with Gasteiger partial charge < -0.3 is 10.2 Å². The number of hydrogen-bond donors (Lipinski definition) is 1. The Morgan fingerprint density at radius 1 is 1.04 bits per heavy atom. The molecule has 2 aromatic carbocycles. The lowest BCUT2D eigenvalue weighted by Crippen LogP contribution is -2.48. The number of likely N-dealkylation sites (N-methyl/N-ethyl adjacent to an activating group) is 1. The average Bonchev–Trinajstić information content (AvgIpc) is 2.69. The fourth-order valence-electron chi connectivity index (χ4n) is 2.70. The van der Waals surface area contributed by atoms with Gasteiger partial charge in [-0.25, -0.2) is 0 Å². The first-order valence-electron chi connectivity index (χ1n) is 8.84. The molecule has 0 saturated carbocycles. The lowest BCUT2D eigenvalue weighted by molar-refractivity contribution is -0.139. The van der Waals surface area contributed by atoms with Gasteiger partial charge in [-0.05, 0) is 31.0 Å². The van der Waals surface area contributed by atoms with Gasteiger partial charge in [0.15, 0.2) is 0 Å². The molecular formula is C21H26N2O2S. The lowest BCUT2D eigenvalue weighted by atomic mass is 10.1. The Labute approximate surface area is 160 Å². The summed E-state index contributed by atoms with van der Waals surface area (Å²) in [5, 5.41) is 2.64. The molecule has 0 aliphatic carbocycles. The SMILES string of the molecule is CNC(=O)C(C)N(CCc1ccccc1)C(=O)CCSc1ccccc1. The summed E-state index contributed by atoms with van der Waals surface area (Å²) in [7, 11) is 1.60. The maximum Gasteiger partial charge on any atom is 0.242 e. The normalized spacial score (nSPS) is 11.6. The number of hydrogen-bond acceptors (Lipinski definition) is 3. The van der Waals surface area contributed by atoms with E-state index in [0.717, 1.165) is 16.9 Å². The van der Waals surface area contributed by atoms with Crippen molar-refractivity contribution in [3.63, 3.8) is 0 Å². The molecule has 0 radical (unpaired) electrons. The monoisotopic (exact) mass is 370 g/mol. The van der Waals surface area contributed by atoms with Gasteiger partial charge in [0, 0.05) is 30.7 Å². The Morgan fingerprint density at radius 2 is 1.65 bits per heavy atom. The van der Waals surface area contributed by atoms with Crippen LogP contribution >= 0.6 is 11.8 Å². The molecule has 0 aliphatic heterocycles. The highest BCUT2D eigenvalue weighted by atomic mass is 32.2. The number of rotatable bonds is 9. The number of nitrogens with zero attached hydrogens (tertiary/aromatic N) is 1. The van der Waals surface area contributed by atoms with E-state index >= 15 is 0 Å². The molecule has 0 aliphatic rings. The zero-order valence-electron chi connectivity index (χ0n) is 15.4. The van der Waals surface area contributed by atoms with Crippen LogP contribution in [0.25, 0.3) is 0 Å². The molecule has 138 valence electrons. The molecular weight excluding hydrogens is 344 g/mol. The lowest BCUT2D eigenvalue weighted by Gasteiger charge is -2.28. The van der Waals surface area contributed by atoms with Gasteiger partial charge in [-0.15, -0.1) is 11.8 Å². The van der Waals surface area contributed by atoms with E-state index < -0.39 is 6.04 Å². The predicted octanol–water partition coefficient (Wildman–Crippen LogP) is 3.37. The van der Waals surface area contributed by atoms with Gasteiger partial charge in [0.2, 0.25) is 11.8 Å². The zero-order valence-corrected chi connectivity index (χ0v) is 16.2. The van der Waals surface area contributed by atoms with Crippen LogP contribution in [-0.2, 0) is 16.0 Å². The minimum absolute atomic E-state index is 0.0143. The van der Waals surface area contributed by atoms with Crippen LogP contribution in [0, 0.1) is 0 Å². The minimum Gasteiger partial charge on any atom is -0.357 e. The first kappa shape index (κ1) is 20.0. The second-order valence-corrected chi connectivity index (χ2v) is 7.19. The molecule has 0 fully saturated rings. The molecule has 0 saturated heterocycles. The molecule has 1 atom stereocenters. The largest absolute Gasteiger partial charge is 0.357 e. The summed E-state index contributed by atoms with van der Waals surface area (Å²) in [5.41, 5.74) is 1.16. The number of benzene rings is 2. The maximum atomic E-state index is 12.7. The Bertz CT molecular complexity index is 692. The molecule has 5 heteroatoms. The Morgan fingerprint density at radius 3 is 2.27 bits per heavy atom. The van der Waals surface area contributed by atoms with Gasteiger partial charge >= 0.3 is 0 Å². The highest BCUT2D eigenvalue weighted by Gasteiger charge is 2.24. The van der Waals surface area contributed by atoms with Gasteiger partial charge in [0.1, 0.15) is 6.04 Å². The molecule has 1 unspecified atom stereocenters. The van der Waals surface area contributed by atoms with Crippen LogP contribution in [0.15, 0.2) is 65.6 Å². The van der Waals surface area contributed by atoms with E-state index in [1.807, 2.05) is 60.7 Å². The standard InChI is InChI=1S/C21H26N2O2S/c1-17(21(25)22-2)23(15-13-18-9-5-3-6-10-18)20(24)14-16-26-19-11-7-4-8-12-19/h3-12,17H,13-16H2,1-2H3,(H,22,25). The van der Waals surface area contributed by atoms with E-state index in [0.29, 0.717) is 18.7 Å². The zero-order chi connectivity index (χ0) is 18.8. The molecule has 0 spiro atoms. The Hall–Kier alpha value is -2.27. The molecule has 0 aromatic heterocycles. The van der Waals surface area contributed by atoms with Crippen LogP contribution in [0.3, 0.4) is 0 Å². The van der Waals surface area contributed by atoms with Crippen LogP contribution in [0.5, 0.6) is 0 Å². The van der Waals surface area contributed by atoms with Crippen molar-refractivity contribution in [2.45, 2.75) is 30.7 Å². The fraction of sp³-hybridized carbons (Fsp3) is 0.333. The number of carbonyl (C=O) groups is 2.